The second kappa shape index (κ2) is 7.17. The van der Waals surface area contributed by atoms with Gasteiger partial charge in [-0.25, -0.2) is 19.9 Å². The van der Waals surface area contributed by atoms with E-state index in [1.807, 2.05) is 19.2 Å². The van der Waals surface area contributed by atoms with Gasteiger partial charge in [0.2, 0.25) is 5.95 Å². The molecule has 140 valence electrons. The zero-order valence-corrected chi connectivity index (χ0v) is 16.9. The van der Waals surface area contributed by atoms with E-state index in [0.29, 0.717) is 0 Å². The van der Waals surface area contributed by atoms with E-state index < -0.39 is 0 Å². The van der Waals surface area contributed by atoms with Gasteiger partial charge in [0.15, 0.2) is 0 Å². The molecule has 26 heavy (non-hydrogen) atoms. The Kier molecular flexibility index (Phi) is 5.12. The number of hydrogen-bond donors (Lipinski definition) is 0. The summed E-state index contributed by atoms with van der Waals surface area (Å²) in [6.45, 7) is 16.5. The molecule has 0 saturated carbocycles. The van der Waals surface area contributed by atoms with Gasteiger partial charge in [0.1, 0.15) is 11.6 Å². The minimum absolute atomic E-state index is 0.0526. The summed E-state index contributed by atoms with van der Waals surface area (Å²) in [7, 11) is 0. The van der Waals surface area contributed by atoms with E-state index in [0.717, 1.165) is 61.6 Å². The number of rotatable bonds is 3. The van der Waals surface area contributed by atoms with Crippen LogP contribution in [0, 0.1) is 13.8 Å². The molecule has 1 aliphatic rings. The lowest BCUT2D eigenvalue weighted by atomic mass is 9.95. The Labute approximate surface area is 156 Å². The fourth-order valence-corrected chi connectivity index (χ4v) is 3.30. The Balaban J connectivity index is 1.83. The minimum Gasteiger partial charge on any atom is -0.353 e. The lowest BCUT2D eigenvalue weighted by Gasteiger charge is -2.37. The van der Waals surface area contributed by atoms with Crippen LogP contribution in [0.3, 0.4) is 0 Å². The van der Waals surface area contributed by atoms with Crippen molar-refractivity contribution in [2.75, 3.05) is 36.0 Å². The van der Waals surface area contributed by atoms with Gasteiger partial charge in [-0.05, 0) is 26.3 Å². The van der Waals surface area contributed by atoms with E-state index in [4.69, 9.17) is 9.97 Å². The third-order valence-corrected chi connectivity index (χ3v) is 4.86. The van der Waals surface area contributed by atoms with Gasteiger partial charge in [-0.2, -0.15) is 0 Å². The van der Waals surface area contributed by atoms with Crippen molar-refractivity contribution in [1.29, 1.82) is 0 Å². The second-order valence-corrected chi connectivity index (χ2v) is 8.01. The summed E-state index contributed by atoms with van der Waals surface area (Å²) in [5, 5.41) is 0. The molecule has 6 nitrogen and oxygen atoms in total. The van der Waals surface area contributed by atoms with Gasteiger partial charge in [0, 0.05) is 54.7 Å². The Hall–Kier alpha value is -2.24. The predicted molar refractivity (Wildman–Crippen MR) is 106 cm³/mol. The SMILES string of the molecule is CCc1c(C)nc(C(C)(C)C)nc1N1CCN(c2nccc(C)n2)CC1. The molecule has 2 aromatic rings. The van der Waals surface area contributed by atoms with E-state index in [2.05, 4.69) is 54.4 Å². The number of aryl methyl sites for hydroxylation is 2. The highest BCUT2D eigenvalue weighted by molar-refractivity contribution is 5.51. The van der Waals surface area contributed by atoms with Crippen LogP contribution in [0.15, 0.2) is 12.3 Å². The van der Waals surface area contributed by atoms with Gasteiger partial charge >= 0.3 is 0 Å². The van der Waals surface area contributed by atoms with E-state index >= 15 is 0 Å². The van der Waals surface area contributed by atoms with Crippen molar-refractivity contribution in [3.8, 4) is 0 Å². The van der Waals surface area contributed by atoms with Crippen LogP contribution in [0.5, 0.6) is 0 Å². The first kappa shape index (κ1) is 18.5. The monoisotopic (exact) mass is 354 g/mol. The predicted octanol–water partition coefficient (Wildman–Crippen LogP) is 3.07. The molecule has 0 radical (unpaired) electrons. The molecular weight excluding hydrogens is 324 g/mol. The number of anilines is 2. The third-order valence-electron chi connectivity index (χ3n) is 4.86. The van der Waals surface area contributed by atoms with Gasteiger partial charge < -0.3 is 9.80 Å². The lowest BCUT2D eigenvalue weighted by molar-refractivity contribution is 0.537. The molecule has 6 heteroatoms. The average Bonchev–Trinajstić information content (AvgIpc) is 2.60. The van der Waals surface area contributed by atoms with Gasteiger partial charge in [0.05, 0.1) is 0 Å². The van der Waals surface area contributed by atoms with Crippen molar-refractivity contribution >= 4 is 11.8 Å². The minimum atomic E-state index is -0.0526. The molecule has 0 unspecified atom stereocenters. The number of aromatic nitrogens is 4. The van der Waals surface area contributed by atoms with Crippen LogP contribution in [-0.2, 0) is 11.8 Å². The summed E-state index contributed by atoms with van der Waals surface area (Å²) < 4.78 is 0. The van der Waals surface area contributed by atoms with Crippen LogP contribution in [0.1, 0.15) is 50.5 Å². The number of piperazine rings is 1. The summed E-state index contributed by atoms with van der Waals surface area (Å²) in [5.41, 5.74) is 3.32. The third kappa shape index (κ3) is 3.79. The highest BCUT2D eigenvalue weighted by atomic mass is 15.3. The van der Waals surface area contributed by atoms with E-state index in [9.17, 15) is 0 Å². The summed E-state index contributed by atoms with van der Waals surface area (Å²) in [5.74, 6) is 2.86. The maximum absolute atomic E-state index is 4.98. The van der Waals surface area contributed by atoms with Gasteiger partial charge in [-0.15, -0.1) is 0 Å². The fourth-order valence-electron chi connectivity index (χ4n) is 3.30. The highest BCUT2D eigenvalue weighted by Crippen LogP contribution is 2.27. The molecule has 0 bridgehead atoms. The summed E-state index contributed by atoms with van der Waals surface area (Å²) in [6, 6.07) is 1.94. The van der Waals surface area contributed by atoms with E-state index in [1.54, 1.807) is 0 Å². The Bertz CT molecular complexity index is 772. The maximum Gasteiger partial charge on any atom is 0.225 e. The quantitative estimate of drug-likeness (QED) is 0.844. The molecular formula is C20H30N6. The summed E-state index contributed by atoms with van der Waals surface area (Å²) in [4.78, 5) is 23.4. The lowest BCUT2D eigenvalue weighted by Crippen LogP contribution is -2.48. The van der Waals surface area contributed by atoms with Crippen molar-refractivity contribution in [1.82, 2.24) is 19.9 Å². The summed E-state index contributed by atoms with van der Waals surface area (Å²) in [6.07, 6.45) is 2.79. The van der Waals surface area contributed by atoms with Crippen LogP contribution >= 0.6 is 0 Å². The molecule has 0 atom stereocenters. The van der Waals surface area contributed by atoms with E-state index in [-0.39, 0.29) is 5.41 Å². The fraction of sp³-hybridized carbons (Fsp3) is 0.600. The molecule has 3 rings (SSSR count). The smallest absolute Gasteiger partial charge is 0.225 e. The average molecular weight is 355 g/mol. The van der Waals surface area contributed by atoms with Gasteiger partial charge in [-0.3, -0.25) is 0 Å². The zero-order chi connectivity index (χ0) is 18.9. The number of nitrogens with zero attached hydrogens (tertiary/aromatic N) is 6. The largest absolute Gasteiger partial charge is 0.353 e. The molecule has 1 fully saturated rings. The summed E-state index contributed by atoms with van der Waals surface area (Å²) >= 11 is 0. The zero-order valence-electron chi connectivity index (χ0n) is 16.9. The van der Waals surface area contributed by atoms with Crippen molar-refractivity contribution in [3.63, 3.8) is 0 Å². The Morgan fingerprint density at radius 2 is 1.62 bits per heavy atom. The van der Waals surface area contributed by atoms with Crippen molar-refractivity contribution in [2.24, 2.45) is 0 Å². The second-order valence-electron chi connectivity index (χ2n) is 8.01. The van der Waals surface area contributed by atoms with Crippen LogP contribution in [0.2, 0.25) is 0 Å². The molecule has 0 aromatic carbocycles. The van der Waals surface area contributed by atoms with E-state index in [1.165, 1.54) is 5.56 Å². The standard InChI is InChI=1S/C20H30N6/c1-7-16-15(3)23-18(20(4,5)6)24-17(16)25-10-12-26(13-11-25)19-21-9-8-14(2)22-19/h8-9H,7,10-13H2,1-6H3. The maximum atomic E-state index is 4.98. The van der Waals surface area contributed by atoms with Crippen LogP contribution in [-0.4, -0.2) is 46.1 Å². The molecule has 1 saturated heterocycles. The number of hydrogen-bond acceptors (Lipinski definition) is 6. The Morgan fingerprint density at radius 1 is 0.962 bits per heavy atom. The molecule has 0 aliphatic carbocycles. The van der Waals surface area contributed by atoms with Gasteiger partial charge in [-0.1, -0.05) is 27.7 Å². The van der Waals surface area contributed by atoms with Crippen LogP contribution in [0.4, 0.5) is 11.8 Å². The van der Waals surface area contributed by atoms with Crippen LogP contribution < -0.4 is 9.80 Å². The molecule has 0 spiro atoms. The first-order chi connectivity index (χ1) is 12.3. The molecule has 2 aromatic heterocycles. The highest BCUT2D eigenvalue weighted by Gasteiger charge is 2.26. The topological polar surface area (TPSA) is 58.0 Å². The normalized spacial score (nSPS) is 15.5. The van der Waals surface area contributed by atoms with Gasteiger partial charge in [0.25, 0.3) is 0 Å². The molecule has 1 aliphatic heterocycles. The Morgan fingerprint density at radius 3 is 2.19 bits per heavy atom. The van der Waals surface area contributed by atoms with Crippen molar-refractivity contribution in [3.05, 3.63) is 35.0 Å². The first-order valence-electron chi connectivity index (χ1n) is 9.47. The molecule has 0 amide bonds. The van der Waals surface area contributed by atoms with Crippen molar-refractivity contribution < 1.29 is 0 Å². The molecule has 0 N–H and O–H groups in total. The van der Waals surface area contributed by atoms with Crippen molar-refractivity contribution in [2.45, 2.75) is 53.4 Å². The van der Waals surface area contributed by atoms with Crippen LogP contribution in [0.25, 0.3) is 0 Å². The molecule has 3 heterocycles. The first-order valence-corrected chi connectivity index (χ1v) is 9.47.